The fourth-order valence-corrected chi connectivity index (χ4v) is 2.25. The Hall–Kier alpha value is -0.830. The van der Waals surface area contributed by atoms with Crippen LogP contribution in [0.5, 0.6) is 0 Å². The van der Waals surface area contributed by atoms with Gasteiger partial charge in [-0.3, -0.25) is 9.80 Å². The normalized spacial score (nSPS) is 10.8. The van der Waals surface area contributed by atoms with Gasteiger partial charge in [0.05, 0.1) is 0 Å². The van der Waals surface area contributed by atoms with Gasteiger partial charge in [-0.1, -0.05) is 53.0 Å². The lowest BCUT2D eigenvalue weighted by atomic mass is 10.2. The first-order chi connectivity index (χ1) is 9.58. The van der Waals surface area contributed by atoms with E-state index in [0.29, 0.717) is 5.57 Å². The number of hydrogen-bond donors (Lipinski definition) is 0. The maximum Gasteiger partial charge on any atom is 0.263 e. The summed E-state index contributed by atoms with van der Waals surface area (Å²) in [7, 11) is 0. The number of rotatable bonds is 12. The Kier molecular flexibility index (Phi) is 11.5. The highest BCUT2D eigenvalue weighted by Crippen LogP contribution is 2.10. The molecular formula is C17H34N2O. The van der Waals surface area contributed by atoms with Crippen molar-refractivity contribution in [2.45, 2.75) is 72.6 Å². The highest BCUT2D eigenvalue weighted by molar-refractivity contribution is 5.91. The van der Waals surface area contributed by atoms with Gasteiger partial charge in [-0.2, -0.15) is 0 Å². The number of amides is 1. The Morgan fingerprint density at radius 1 is 0.850 bits per heavy atom. The van der Waals surface area contributed by atoms with Crippen LogP contribution in [0.15, 0.2) is 12.2 Å². The smallest absolute Gasteiger partial charge is 0.263 e. The molecule has 118 valence electrons. The summed E-state index contributed by atoms with van der Waals surface area (Å²) in [6.45, 7) is 14.9. The first-order valence-corrected chi connectivity index (χ1v) is 8.30. The second-order valence-electron chi connectivity index (χ2n) is 5.58. The summed E-state index contributed by atoms with van der Waals surface area (Å²) in [5.74, 6) is 0.0832. The van der Waals surface area contributed by atoms with Crippen LogP contribution in [0.3, 0.4) is 0 Å². The third kappa shape index (κ3) is 7.68. The molecule has 0 spiro atoms. The monoisotopic (exact) mass is 282 g/mol. The number of unbranched alkanes of at least 4 members (excludes halogenated alkanes) is 4. The van der Waals surface area contributed by atoms with E-state index < -0.39 is 0 Å². The largest absolute Gasteiger partial charge is 0.272 e. The van der Waals surface area contributed by atoms with Crippen molar-refractivity contribution >= 4 is 5.91 Å². The van der Waals surface area contributed by atoms with Gasteiger partial charge in [0.2, 0.25) is 0 Å². The molecule has 0 aliphatic heterocycles. The van der Waals surface area contributed by atoms with E-state index in [4.69, 9.17) is 0 Å². The van der Waals surface area contributed by atoms with Crippen LogP contribution in [-0.2, 0) is 4.79 Å². The Labute approximate surface area is 126 Å². The second kappa shape index (κ2) is 12.0. The standard InChI is InChI=1S/C17H34N2O/c1-6-9-11-14-18(15-12-10-7-2)19(13-8-3)17(20)16(4)5/h4,6-15H2,1-3,5H3. The number of nitrogens with zero attached hydrogens (tertiary/aromatic N) is 2. The lowest BCUT2D eigenvalue weighted by Crippen LogP contribution is -2.48. The highest BCUT2D eigenvalue weighted by Gasteiger charge is 2.20. The Bertz CT molecular complexity index is 266. The minimum atomic E-state index is 0.0832. The lowest BCUT2D eigenvalue weighted by molar-refractivity contribution is -0.145. The van der Waals surface area contributed by atoms with Crippen LogP contribution in [0.1, 0.15) is 72.6 Å². The Morgan fingerprint density at radius 2 is 1.35 bits per heavy atom. The van der Waals surface area contributed by atoms with Crippen molar-refractivity contribution in [1.29, 1.82) is 0 Å². The Balaban J connectivity index is 4.69. The topological polar surface area (TPSA) is 23.6 Å². The van der Waals surface area contributed by atoms with E-state index in [9.17, 15) is 4.79 Å². The zero-order valence-corrected chi connectivity index (χ0v) is 14.1. The number of carbonyl (C=O) groups is 1. The molecule has 3 heteroatoms. The van der Waals surface area contributed by atoms with Crippen LogP contribution in [0.25, 0.3) is 0 Å². The fourth-order valence-electron chi connectivity index (χ4n) is 2.25. The van der Waals surface area contributed by atoms with Crippen molar-refractivity contribution in [3.8, 4) is 0 Å². The SMILES string of the molecule is C=C(C)C(=O)N(CCC)N(CCCCC)CCCCC. The molecule has 0 radical (unpaired) electrons. The molecular weight excluding hydrogens is 248 g/mol. The number of hydrogen-bond acceptors (Lipinski definition) is 2. The molecule has 1 amide bonds. The summed E-state index contributed by atoms with van der Waals surface area (Å²) < 4.78 is 0. The van der Waals surface area contributed by atoms with Gasteiger partial charge < -0.3 is 0 Å². The van der Waals surface area contributed by atoms with Gasteiger partial charge in [0, 0.05) is 25.2 Å². The Morgan fingerprint density at radius 3 is 1.70 bits per heavy atom. The first kappa shape index (κ1) is 19.2. The van der Waals surface area contributed by atoms with E-state index in [1.807, 2.05) is 5.01 Å². The average Bonchev–Trinajstić information content (AvgIpc) is 2.43. The molecule has 0 aliphatic rings. The molecule has 0 heterocycles. The maximum atomic E-state index is 12.3. The molecule has 0 aromatic heterocycles. The van der Waals surface area contributed by atoms with E-state index in [0.717, 1.165) is 38.9 Å². The van der Waals surface area contributed by atoms with Gasteiger partial charge in [-0.15, -0.1) is 0 Å². The quantitative estimate of drug-likeness (QED) is 0.301. The second-order valence-corrected chi connectivity index (χ2v) is 5.58. The summed E-state index contributed by atoms with van der Waals surface area (Å²) in [6.07, 6.45) is 8.18. The molecule has 0 saturated heterocycles. The molecule has 0 fully saturated rings. The predicted molar refractivity (Wildman–Crippen MR) is 87.4 cm³/mol. The van der Waals surface area contributed by atoms with E-state index in [-0.39, 0.29) is 5.91 Å². The van der Waals surface area contributed by atoms with Gasteiger partial charge in [0.15, 0.2) is 0 Å². The van der Waals surface area contributed by atoms with Gasteiger partial charge in [0.25, 0.3) is 5.91 Å². The van der Waals surface area contributed by atoms with E-state index in [1.54, 1.807) is 6.92 Å². The first-order valence-electron chi connectivity index (χ1n) is 8.30. The van der Waals surface area contributed by atoms with Crippen LogP contribution < -0.4 is 0 Å². The highest BCUT2D eigenvalue weighted by atomic mass is 16.2. The minimum absolute atomic E-state index is 0.0832. The zero-order chi connectivity index (χ0) is 15.4. The van der Waals surface area contributed by atoms with Crippen LogP contribution >= 0.6 is 0 Å². The molecule has 0 unspecified atom stereocenters. The molecule has 0 aromatic carbocycles. The van der Waals surface area contributed by atoms with Crippen molar-refractivity contribution < 1.29 is 4.79 Å². The molecule has 0 aromatic rings. The average molecular weight is 282 g/mol. The van der Waals surface area contributed by atoms with E-state index >= 15 is 0 Å². The summed E-state index contributed by atoms with van der Waals surface area (Å²) >= 11 is 0. The van der Waals surface area contributed by atoms with Crippen LogP contribution in [0, 0.1) is 0 Å². The van der Waals surface area contributed by atoms with Gasteiger partial charge >= 0.3 is 0 Å². The van der Waals surface area contributed by atoms with Crippen molar-refractivity contribution in [2.75, 3.05) is 19.6 Å². The fraction of sp³-hybridized carbons (Fsp3) is 0.824. The lowest BCUT2D eigenvalue weighted by Gasteiger charge is -2.35. The van der Waals surface area contributed by atoms with Crippen molar-refractivity contribution in [3.05, 3.63) is 12.2 Å². The molecule has 20 heavy (non-hydrogen) atoms. The molecule has 0 saturated carbocycles. The molecule has 0 atom stereocenters. The number of hydrazine groups is 1. The molecule has 0 N–H and O–H groups in total. The third-order valence-corrected chi connectivity index (χ3v) is 3.42. The van der Waals surface area contributed by atoms with Crippen molar-refractivity contribution in [1.82, 2.24) is 10.0 Å². The predicted octanol–water partition coefficient (Wildman–Crippen LogP) is 4.40. The molecule has 3 nitrogen and oxygen atoms in total. The van der Waals surface area contributed by atoms with Gasteiger partial charge in [0.1, 0.15) is 0 Å². The minimum Gasteiger partial charge on any atom is -0.272 e. The maximum absolute atomic E-state index is 12.3. The van der Waals surface area contributed by atoms with Crippen molar-refractivity contribution in [2.24, 2.45) is 0 Å². The summed E-state index contributed by atoms with van der Waals surface area (Å²) in [5, 5.41) is 4.18. The number of carbonyl (C=O) groups excluding carboxylic acids is 1. The van der Waals surface area contributed by atoms with Crippen molar-refractivity contribution in [3.63, 3.8) is 0 Å². The van der Waals surface area contributed by atoms with Gasteiger partial charge in [-0.25, -0.2) is 5.01 Å². The van der Waals surface area contributed by atoms with Crippen LogP contribution in [-0.4, -0.2) is 35.6 Å². The third-order valence-electron chi connectivity index (χ3n) is 3.42. The molecule has 0 bridgehead atoms. The van der Waals surface area contributed by atoms with Crippen LogP contribution in [0.2, 0.25) is 0 Å². The molecule has 0 rings (SSSR count). The summed E-state index contributed by atoms with van der Waals surface area (Å²) in [4.78, 5) is 12.3. The zero-order valence-electron chi connectivity index (χ0n) is 14.1. The van der Waals surface area contributed by atoms with Crippen LogP contribution in [0.4, 0.5) is 0 Å². The summed E-state index contributed by atoms with van der Waals surface area (Å²) in [5.41, 5.74) is 0.634. The van der Waals surface area contributed by atoms with E-state index in [2.05, 4.69) is 32.4 Å². The van der Waals surface area contributed by atoms with E-state index in [1.165, 1.54) is 25.7 Å². The molecule has 0 aliphatic carbocycles. The van der Waals surface area contributed by atoms with Gasteiger partial charge in [-0.05, 0) is 26.2 Å². The summed E-state index contributed by atoms with van der Waals surface area (Å²) in [6, 6.07) is 0.